The number of benzene rings is 1. The monoisotopic (exact) mass is 587 g/mol. The van der Waals surface area contributed by atoms with E-state index in [1.165, 1.54) is 6.92 Å². The van der Waals surface area contributed by atoms with Crippen LogP contribution in [0.1, 0.15) is 43.9 Å². The molecule has 0 bridgehead atoms. The van der Waals surface area contributed by atoms with E-state index in [1.807, 2.05) is 32.9 Å². The molecule has 1 unspecified atom stereocenters. The first-order valence-electron chi connectivity index (χ1n) is 14.1. The number of hydrogen-bond donors (Lipinski definition) is 1. The number of fused-ring (bicyclic) bond motifs is 2. The zero-order valence-electron chi connectivity index (χ0n) is 24.6. The Labute approximate surface area is 248 Å². The van der Waals surface area contributed by atoms with E-state index in [0.717, 1.165) is 16.7 Å². The third kappa shape index (κ3) is 5.85. The molecule has 0 aliphatic carbocycles. The second-order valence-corrected chi connectivity index (χ2v) is 11.8. The van der Waals surface area contributed by atoms with Gasteiger partial charge in [-0.05, 0) is 57.9 Å². The van der Waals surface area contributed by atoms with Gasteiger partial charge in [-0.3, -0.25) is 9.59 Å². The first-order valence-corrected chi connectivity index (χ1v) is 14.1. The number of Topliss-reactive ketones (excluding diaryl/α,β-unsaturated/α-hetero) is 1. The fourth-order valence-electron chi connectivity index (χ4n) is 5.47. The third-order valence-electron chi connectivity index (χ3n) is 7.39. The number of aryl methyl sites for hydroxylation is 1. The van der Waals surface area contributed by atoms with E-state index in [0.29, 0.717) is 27.9 Å². The van der Waals surface area contributed by atoms with Gasteiger partial charge in [0.05, 0.1) is 13.2 Å². The van der Waals surface area contributed by atoms with E-state index in [2.05, 4.69) is 19.9 Å². The number of aliphatic hydroxyl groups excluding tert-OH is 1. The molecule has 4 atom stereocenters. The average Bonchev–Trinajstić information content (AvgIpc) is 3.63. The zero-order valence-corrected chi connectivity index (χ0v) is 24.6. The van der Waals surface area contributed by atoms with Gasteiger partial charge in [0.25, 0.3) is 0 Å². The minimum Gasteiger partial charge on any atom is -0.459 e. The Hall–Kier alpha value is -4.26. The van der Waals surface area contributed by atoms with E-state index in [-0.39, 0.29) is 37.7 Å². The number of carbonyl (C=O) groups excluding carboxylic acids is 2. The number of carbonyl (C=O) groups is 2. The highest BCUT2D eigenvalue weighted by atomic mass is 16.6. The smallest absolute Gasteiger partial charge is 0.326 e. The number of esters is 1. The minimum atomic E-state index is -0.682. The summed E-state index contributed by atoms with van der Waals surface area (Å²) < 4.78 is 24.5. The molecule has 4 aromatic rings. The van der Waals surface area contributed by atoms with Crippen LogP contribution >= 0.6 is 0 Å². The maximum atomic E-state index is 12.8. The lowest BCUT2D eigenvalue weighted by molar-refractivity contribution is -0.155. The van der Waals surface area contributed by atoms with Crippen molar-refractivity contribution in [3.05, 3.63) is 54.5 Å². The SMILES string of the molecule is CC(=O)c1cn(CC(=O)OC(C)(C)C)c2cc(-c3cnc(O[C@@H]4CO[C@@H]5C(O)CO[C@@H]54)nc3)c(-c3cnc(C)nc3)cc12. The molecular weight excluding hydrogens is 554 g/mol. The summed E-state index contributed by atoms with van der Waals surface area (Å²) in [5.41, 5.74) is 3.43. The quantitative estimate of drug-likeness (QED) is 0.251. The number of nitrogens with zero attached hydrogens (tertiary/aromatic N) is 5. The largest absolute Gasteiger partial charge is 0.459 e. The highest BCUT2D eigenvalue weighted by molar-refractivity contribution is 6.09. The lowest BCUT2D eigenvalue weighted by Crippen LogP contribution is -2.34. The second-order valence-electron chi connectivity index (χ2n) is 11.8. The molecule has 12 nitrogen and oxygen atoms in total. The summed E-state index contributed by atoms with van der Waals surface area (Å²) in [5.74, 6) is 0.0772. The predicted octanol–water partition coefficient (Wildman–Crippen LogP) is 3.31. The number of aliphatic hydroxyl groups is 1. The second kappa shape index (κ2) is 11.1. The van der Waals surface area contributed by atoms with Gasteiger partial charge < -0.3 is 28.6 Å². The first kappa shape index (κ1) is 28.8. The van der Waals surface area contributed by atoms with E-state index in [9.17, 15) is 14.7 Å². The van der Waals surface area contributed by atoms with Crippen LogP contribution in [0.3, 0.4) is 0 Å². The van der Waals surface area contributed by atoms with Crippen LogP contribution in [-0.4, -0.2) is 84.6 Å². The van der Waals surface area contributed by atoms with Crippen molar-refractivity contribution < 1.29 is 33.6 Å². The van der Waals surface area contributed by atoms with Gasteiger partial charge in [-0.25, -0.2) is 19.9 Å². The summed E-state index contributed by atoms with van der Waals surface area (Å²) in [6, 6.07) is 3.96. The van der Waals surface area contributed by atoms with Crippen molar-refractivity contribution in [2.75, 3.05) is 13.2 Å². The predicted molar refractivity (Wildman–Crippen MR) is 154 cm³/mol. The van der Waals surface area contributed by atoms with Crippen molar-refractivity contribution >= 4 is 22.7 Å². The molecule has 1 N–H and O–H groups in total. The Morgan fingerprint density at radius 3 is 2.26 bits per heavy atom. The van der Waals surface area contributed by atoms with Crippen molar-refractivity contribution in [2.24, 2.45) is 0 Å². The number of aromatic nitrogens is 5. The van der Waals surface area contributed by atoms with Crippen LogP contribution in [0.5, 0.6) is 6.01 Å². The topological polar surface area (TPSA) is 148 Å². The van der Waals surface area contributed by atoms with Gasteiger partial charge in [0.2, 0.25) is 0 Å². The maximum Gasteiger partial charge on any atom is 0.326 e. The first-order chi connectivity index (χ1) is 20.5. The number of rotatable bonds is 7. The van der Waals surface area contributed by atoms with Gasteiger partial charge in [0.15, 0.2) is 11.9 Å². The Bertz CT molecular complexity index is 1680. The zero-order chi connectivity index (χ0) is 30.5. The molecular formula is C31H33N5O7. The molecule has 1 aromatic carbocycles. The number of ketones is 1. The van der Waals surface area contributed by atoms with Crippen LogP contribution in [0, 0.1) is 6.92 Å². The normalized spacial score (nSPS) is 21.6. The fraction of sp³-hybridized carbons (Fsp3) is 0.419. The molecule has 12 heteroatoms. The van der Waals surface area contributed by atoms with Crippen molar-refractivity contribution in [2.45, 2.75) is 71.2 Å². The maximum absolute atomic E-state index is 12.8. The molecule has 3 aromatic heterocycles. The van der Waals surface area contributed by atoms with Crippen molar-refractivity contribution in [1.82, 2.24) is 24.5 Å². The van der Waals surface area contributed by atoms with Gasteiger partial charge >= 0.3 is 12.0 Å². The highest BCUT2D eigenvalue weighted by Crippen LogP contribution is 2.37. The van der Waals surface area contributed by atoms with Crippen LogP contribution in [0.4, 0.5) is 0 Å². The fourth-order valence-corrected chi connectivity index (χ4v) is 5.47. The van der Waals surface area contributed by atoms with Gasteiger partial charge in [-0.15, -0.1) is 0 Å². The summed E-state index contributed by atoms with van der Waals surface area (Å²) >= 11 is 0. The molecule has 2 saturated heterocycles. The molecule has 2 aliphatic rings. The van der Waals surface area contributed by atoms with E-state index in [1.54, 1.807) is 42.5 Å². The molecule has 0 radical (unpaired) electrons. The lowest BCUT2D eigenvalue weighted by Gasteiger charge is -2.20. The molecule has 2 aliphatic heterocycles. The van der Waals surface area contributed by atoms with Gasteiger partial charge in [-0.2, -0.15) is 0 Å². The van der Waals surface area contributed by atoms with Crippen molar-refractivity contribution in [1.29, 1.82) is 0 Å². The van der Waals surface area contributed by atoms with Crippen molar-refractivity contribution in [3.63, 3.8) is 0 Å². The summed E-state index contributed by atoms with van der Waals surface area (Å²) in [6.07, 6.45) is 6.49. The van der Waals surface area contributed by atoms with Crippen LogP contribution in [0.25, 0.3) is 33.2 Å². The molecule has 2 fully saturated rings. The van der Waals surface area contributed by atoms with E-state index in [4.69, 9.17) is 18.9 Å². The molecule has 5 heterocycles. The summed E-state index contributed by atoms with van der Waals surface area (Å²) in [4.78, 5) is 43.1. The average molecular weight is 588 g/mol. The number of hydrogen-bond acceptors (Lipinski definition) is 11. The van der Waals surface area contributed by atoms with Crippen LogP contribution in [0.2, 0.25) is 0 Å². The van der Waals surface area contributed by atoms with Gasteiger partial charge in [0.1, 0.15) is 36.3 Å². The standard InChI is InChI=1S/C31H33N5O7/c1-16(37)23-12-36(13-27(39)43-31(3,4)5)24-7-21(20(6-22(23)24)18-8-32-17(2)33-9-18)19-10-34-30(35-11-19)42-26-15-41-28-25(38)14-40-29(26)28/h6-12,25-26,28-29,38H,13-15H2,1-5H3/t25?,26-,28-,29-/m1/s1. The van der Waals surface area contributed by atoms with E-state index < -0.39 is 29.9 Å². The Morgan fingerprint density at radius 2 is 1.60 bits per heavy atom. The molecule has 224 valence electrons. The van der Waals surface area contributed by atoms with Gasteiger partial charge in [0, 0.05) is 58.6 Å². The Morgan fingerprint density at radius 1 is 0.977 bits per heavy atom. The third-order valence-corrected chi connectivity index (χ3v) is 7.39. The molecule has 0 amide bonds. The van der Waals surface area contributed by atoms with Crippen LogP contribution < -0.4 is 4.74 Å². The molecule has 43 heavy (non-hydrogen) atoms. The molecule has 0 saturated carbocycles. The van der Waals surface area contributed by atoms with E-state index >= 15 is 0 Å². The summed E-state index contributed by atoms with van der Waals surface area (Å²) in [5, 5.41) is 10.7. The lowest BCUT2D eigenvalue weighted by atomic mass is 9.94. The number of ether oxygens (including phenoxy) is 4. The Kier molecular flexibility index (Phi) is 7.45. The van der Waals surface area contributed by atoms with Gasteiger partial charge in [-0.1, -0.05) is 0 Å². The Balaban J connectivity index is 1.40. The highest BCUT2D eigenvalue weighted by Gasteiger charge is 2.48. The van der Waals surface area contributed by atoms with Crippen LogP contribution in [-0.2, 0) is 25.5 Å². The van der Waals surface area contributed by atoms with Crippen LogP contribution in [0.15, 0.2) is 43.1 Å². The molecule has 6 rings (SSSR count). The molecule has 0 spiro atoms. The minimum absolute atomic E-state index is 0.0703. The summed E-state index contributed by atoms with van der Waals surface area (Å²) in [7, 11) is 0. The summed E-state index contributed by atoms with van der Waals surface area (Å²) in [6.45, 7) is 9.12. The van der Waals surface area contributed by atoms with Crippen molar-refractivity contribution in [3.8, 4) is 28.3 Å².